The highest BCUT2D eigenvalue weighted by atomic mass is 19.4. The highest BCUT2D eigenvalue weighted by molar-refractivity contribution is 6.00. The summed E-state index contributed by atoms with van der Waals surface area (Å²) in [6.07, 6.45) is -0.0793. The zero-order valence-electron chi connectivity index (χ0n) is 27.0. The van der Waals surface area contributed by atoms with Crippen molar-refractivity contribution in [2.24, 2.45) is 11.8 Å². The summed E-state index contributed by atoms with van der Waals surface area (Å²) in [5, 5.41) is 13.1. The van der Waals surface area contributed by atoms with E-state index in [1.807, 2.05) is 13.8 Å². The topological polar surface area (TPSA) is 108 Å². The average Bonchev–Trinajstić information content (AvgIpc) is 3.01. The van der Waals surface area contributed by atoms with Gasteiger partial charge < -0.3 is 29.7 Å². The molecule has 2 N–H and O–H groups in total. The molecule has 1 aromatic carbocycles. The normalized spacial score (nSPS) is 23.3. The number of hydrogen-bond donors (Lipinski definition) is 2. The van der Waals surface area contributed by atoms with Crippen LogP contribution in [0.4, 0.5) is 18.9 Å². The minimum atomic E-state index is -4.43. The van der Waals surface area contributed by atoms with Crippen LogP contribution in [0.25, 0.3) is 0 Å². The SMILES string of the molecule is C[C@@H]1CN([C@H](C)CO)C(=O)c2cc(NC(=O)C3CCCCC3)ccc2O[C@@H](C)CCCCO[C@H]1CN(C)C(=O)CCC(F)(F)F. The van der Waals surface area contributed by atoms with E-state index in [1.165, 1.54) is 16.8 Å². The molecule has 3 amide bonds. The number of halogens is 3. The summed E-state index contributed by atoms with van der Waals surface area (Å²) in [5.74, 6) is -1.14. The Kier molecular flexibility index (Phi) is 14.0. The highest BCUT2D eigenvalue weighted by Crippen LogP contribution is 2.30. The Labute approximate surface area is 264 Å². The van der Waals surface area contributed by atoms with Gasteiger partial charge in [0.15, 0.2) is 0 Å². The molecule has 45 heavy (non-hydrogen) atoms. The maximum Gasteiger partial charge on any atom is 0.389 e. The van der Waals surface area contributed by atoms with Gasteiger partial charge in [-0.3, -0.25) is 14.4 Å². The van der Waals surface area contributed by atoms with Gasteiger partial charge in [-0.1, -0.05) is 26.2 Å². The number of ether oxygens (including phenoxy) is 2. The van der Waals surface area contributed by atoms with Gasteiger partial charge in [0.05, 0.1) is 36.8 Å². The van der Waals surface area contributed by atoms with Gasteiger partial charge >= 0.3 is 6.18 Å². The Balaban J connectivity index is 1.88. The van der Waals surface area contributed by atoms with Crippen molar-refractivity contribution in [2.45, 2.75) is 109 Å². The van der Waals surface area contributed by atoms with Crippen LogP contribution in [0, 0.1) is 11.8 Å². The van der Waals surface area contributed by atoms with Gasteiger partial charge in [-0.2, -0.15) is 13.2 Å². The number of benzene rings is 1. The van der Waals surface area contributed by atoms with Crippen molar-refractivity contribution < 1.29 is 42.1 Å². The van der Waals surface area contributed by atoms with Crippen LogP contribution < -0.4 is 10.1 Å². The molecule has 1 saturated carbocycles. The molecule has 0 bridgehead atoms. The summed E-state index contributed by atoms with van der Waals surface area (Å²) < 4.78 is 50.6. The van der Waals surface area contributed by atoms with Crippen LogP contribution in [0.5, 0.6) is 5.75 Å². The number of carbonyl (C=O) groups is 3. The van der Waals surface area contributed by atoms with Gasteiger partial charge in [0.1, 0.15) is 5.75 Å². The number of amides is 3. The molecule has 1 aromatic rings. The third kappa shape index (κ3) is 11.5. The van der Waals surface area contributed by atoms with E-state index in [2.05, 4.69) is 5.32 Å². The monoisotopic (exact) mass is 641 g/mol. The Bertz CT molecular complexity index is 1130. The lowest BCUT2D eigenvalue weighted by Gasteiger charge is -2.36. The Morgan fingerprint density at radius 3 is 2.47 bits per heavy atom. The fraction of sp³-hybridized carbons (Fsp3) is 0.727. The van der Waals surface area contributed by atoms with E-state index in [4.69, 9.17) is 9.47 Å². The molecule has 0 saturated heterocycles. The van der Waals surface area contributed by atoms with Crippen molar-refractivity contribution in [1.29, 1.82) is 0 Å². The highest BCUT2D eigenvalue weighted by Gasteiger charge is 2.33. The second-order valence-electron chi connectivity index (χ2n) is 12.7. The smallest absolute Gasteiger partial charge is 0.389 e. The van der Waals surface area contributed by atoms with Crippen molar-refractivity contribution in [3.05, 3.63) is 23.8 Å². The molecule has 3 rings (SSSR count). The van der Waals surface area contributed by atoms with Gasteiger partial charge in [0, 0.05) is 50.7 Å². The number of anilines is 1. The van der Waals surface area contributed by atoms with Crippen LogP contribution in [-0.2, 0) is 14.3 Å². The zero-order chi connectivity index (χ0) is 33.1. The Morgan fingerprint density at radius 1 is 1.11 bits per heavy atom. The van der Waals surface area contributed by atoms with Crippen LogP contribution in [0.2, 0.25) is 0 Å². The first-order valence-electron chi connectivity index (χ1n) is 16.2. The lowest BCUT2D eigenvalue weighted by Crippen LogP contribution is -2.48. The van der Waals surface area contributed by atoms with Gasteiger partial charge in [0.2, 0.25) is 11.8 Å². The molecule has 12 heteroatoms. The third-order valence-corrected chi connectivity index (χ3v) is 8.80. The molecule has 1 heterocycles. The first kappa shape index (κ1) is 36.6. The molecule has 1 aliphatic carbocycles. The molecule has 254 valence electrons. The van der Waals surface area contributed by atoms with Gasteiger partial charge in [-0.25, -0.2) is 0 Å². The quantitative estimate of drug-likeness (QED) is 0.372. The Hall–Kier alpha value is -2.86. The Morgan fingerprint density at radius 2 is 1.80 bits per heavy atom. The average molecular weight is 642 g/mol. The lowest BCUT2D eigenvalue weighted by atomic mass is 9.88. The maximum atomic E-state index is 14.2. The van der Waals surface area contributed by atoms with Crippen LogP contribution in [-0.4, -0.2) is 90.4 Å². The minimum absolute atomic E-state index is 0.0564. The summed E-state index contributed by atoms with van der Waals surface area (Å²) in [5.41, 5.74) is 0.740. The molecule has 1 fully saturated rings. The van der Waals surface area contributed by atoms with E-state index in [1.54, 1.807) is 25.1 Å². The predicted molar refractivity (Wildman–Crippen MR) is 165 cm³/mol. The van der Waals surface area contributed by atoms with E-state index >= 15 is 0 Å². The van der Waals surface area contributed by atoms with E-state index in [0.717, 1.165) is 38.5 Å². The van der Waals surface area contributed by atoms with Crippen molar-refractivity contribution >= 4 is 23.4 Å². The molecule has 9 nitrogen and oxygen atoms in total. The summed E-state index contributed by atoms with van der Waals surface area (Å²) in [6, 6.07) is 4.47. The lowest BCUT2D eigenvalue weighted by molar-refractivity contribution is -0.149. The zero-order valence-corrected chi connectivity index (χ0v) is 27.0. The number of fused-ring (bicyclic) bond motifs is 1. The van der Waals surface area contributed by atoms with Gasteiger partial charge in [-0.05, 0) is 64.2 Å². The largest absolute Gasteiger partial charge is 0.490 e. The molecule has 0 spiro atoms. The number of hydrogen-bond acceptors (Lipinski definition) is 6. The van der Waals surface area contributed by atoms with Crippen LogP contribution in [0.3, 0.4) is 0 Å². The first-order chi connectivity index (χ1) is 21.3. The van der Waals surface area contributed by atoms with Crippen molar-refractivity contribution in [3.8, 4) is 5.75 Å². The number of nitrogens with one attached hydrogen (secondary N) is 1. The number of aliphatic hydroxyl groups excluding tert-OH is 1. The predicted octanol–water partition coefficient (Wildman–Crippen LogP) is 5.80. The van der Waals surface area contributed by atoms with Crippen molar-refractivity contribution in [2.75, 3.05) is 38.7 Å². The number of nitrogens with zero attached hydrogens (tertiary/aromatic N) is 2. The second-order valence-corrected chi connectivity index (χ2v) is 12.7. The van der Waals surface area contributed by atoms with Crippen molar-refractivity contribution in [3.63, 3.8) is 0 Å². The molecule has 1 aliphatic heterocycles. The molecular formula is C33H50F3N3O6. The van der Waals surface area contributed by atoms with Gasteiger partial charge in [-0.15, -0.1) is 0 Å². The summed E-state index contributed by atoms with van der Waals surface area (Å²) in [4.78, 5) is 42.5. The fourth-order valence-corrected chi connectivity index (χ4v) is 5.88. The summed E-state index contributed by atoms with van der Waals surface area (Å²) in [6.45, 7) is 5.75. The minimum Gasteiger partial charge on any atom is -0.490 e. The molecule has 0 aromatic heterocycles. The molecule has 2 aliphatic rings. The van der Waals surface area contributed by atoms with Crippen LogP contribution in [0.15, 0.2) is 18.2 Å². The summed E-state index contributed by atoms with van der Waals surface area (Å²) >= 11 is 0. The van der Waals surface area contributed by atoms with E-state index in [-0.39, 0.29) is 49.1 Å². The molecular weight excluding hydrogens is 591 g/mol. The van der Waals surface area contributed by atoms with Crippen LogP contribution >= 0.6 is 0 Å². The number of carbonyl (C=O) groups excluding carboxylic acids is 3. The summed E-state index contributed by atoms with van der Waals surface area (Å²) in [7, 11) is 1.46. The van der Waals surface area contributed by atoms with Gasteiger partial charge in [0.25, 0.3) is 5.91 Å². The molecule has 0 radical (unpaired) electrons. The standard InChI is InChI=1S/C33H50F3N3O6/c1-22-19-39(23(2)21-40)32(43)27-18-26(37-31(42)25-11-6-5-7-12-25)13-14-28(27)45-24(3)10-8-9-17-44-29(22)20-38(4)30(41)15-16-33(34,35)36/h13-14,18,22-25,29,40H,5-12,15-17,19-21H2,1-4H3,(H,37,42)/t22-,23-,24+,29+/m1/s1. The fourth-order valence-electron chi connectivity index (χ4n) is 5.88. The van der Waals surface area contributed by atoms with E-state index in [9.17, 15) is 32.7 Å². The first-order valence-corrected chi connectivity index (χ1v) is 16.2. The molecule has 0 unspecified atom stereocenters. The van der Waals surface area contributed by atoms with E-state index in [0.29, 0.717) is 30.9 Å². The number of likely N-dealkylation sites (N-methyl/N-ethyl adjacent to an activating group) is 1. The van der Waals surface area contributed by atoms with Crippen molar-refractivity contribution in [1.82, 2.24) is 9.80 Å². The molecule has 4 atom stereocenters. The van der Waals surface area contributed by atoms with E-state index < -0.39 is 43.0 Å². The van der Waals surface area contributed by atoms with Crippen LogP contribution in [0.1, 0.15) is 95.3 Å². The number of alkyl halides is 3. The maximum absolute atomic E-state index is 14.2. The second kappa shape index (κ2) is 17.2. The number of aliphatic hydroxyl groups is 1. The third-order valence-electron chi connectivity index (χ3n) is 8.80. The number of rotatable bonds is 8.